The van der Waals surface area contributed by atoms with Crippen LogP contribution < -0.4 is 5.43 Å². The highest BCUT2D eigenvalue weighted by atomic mass is 15.5. The largest absolute Gasteiger partial charge is 0.318 e. The molecule has 1 aromatic carbocycles. The summed E-state index contributed by atoms with van der Waals surface area (Å²) in [5.74, 6) is 0. The first-order valence-corrected chi connectivity index (χ1v) is 7.92. The second kappa shape index (κ2) is 5.28. The van der Waals surface area contributed by atoms with E-state index in [1.807, 2.05) is 0 Å². The number of nitrogens with one attached hydrogen (secondary N) is 1. The van der Waals surface area contributed by atoms with Gasteiger partial charge in [-0.05, 0) is 37.9 Å². The predicted octanol–water partition coefficient (Wildman–Crippen LogP) is 2.30. The fourth-order valence-electron chi connectivity index (χ4n) is 3.42. The Bertz CT molecular complexity index is 659. The maximum atomic E-state index is 4.85. The van der Waals surface area contributed by atoms with E-state index in [0.29, 0.717) is 0 Å². The molecule has 4 nitrogen and oxygen atoms in total. The number of aryl methyl sites for hydroxylation is 1. The fourth-order valence-corrected chi connectivity index (χ4v) is 3.42. The molecule has 0 spiro atoms. The Kier molecular flexibility index (Phi) is 3.28. The summed E-state index contributed by atoms with van der Waals surface area (Å²) in [6.07, 6.45) is 3.51. The lowest BCUT2D eigenvalue weighted by Crippen LogP contribution is -2.47. The first kappa shape index (κ1) is 13.0. The van der Waals surface area contributed by atoms with Crippen LogP contribution in [0.5, 0.6) is 0 Å². The smallest absolute Gasteiger partial charge is 0.0726 e. The molecule has 1 N–H and O–H groups in total. The third-order valence-electron chi connectivity index (χ3n) is 4.69. The molecule has 1 aromatic heterocycles. The summed E-state index contributed by atoms with van der Waals surface area (Å²) in [5, 5.41) is 3.62. The van der Waals surface area contributed by atoms with Crippen LogP contribution in [0, 0.1) is 0 Å². The first-order valence-electron chi connectivity index (χ1n) is 7.92. The van der Waals surface area contributed by atoms with Gasteiger partial charge >= 0.3 is 0 Å². The van der Waals surface area contributed by atoms with E-state index >= 15 is 0 Å². The molecule has 0 atom stereocenters. The Morgan fingerprint density at radius 3 is 2.71 bits per heavy atom. The Labute approximate surface area is 125 Å². The number of nitrogens with zero attached hydrogens (tertiary/aromatic N) is 3. The van der Waals surface area contributed by atoms with Gasteiger partial charge in [-0.15, -0.1) is 0 Å². The van der Waals surface area contributed by atoms with Crippen molar-refractivity contribution < 1.29 is 0 Å². The number of benzene rings is 1. The van der Waals surface area contributed by atoms with Crippen molar-refractivity contribution >= 4 is 16.6 Å². The Balaban J connectivity index is 1.73. The normalized spacial score (nSPS) is 19.9. The molecule has 2 heterocycles. The van der Waals surface area contributed by atoms with Gasteiger partial charge in [-0.2, -0.15) is 0 Å². The van der Waals surface area contributed by atoms with E-state index in [4.69, 9.17) is 4.98 Å². The van der Waals surface area contributed by atoms with Gasteiger partial charge in [0.05, 0.1) is 11.2 Å². The number of piperazine rings is 1. The number of hydrogen-bond donors (Lipinski definition) is 1. The number of rotatable bonds is 2. The first-order chi connectivity index (χ1) is 10.3. The van der Waals surface area contributed by atoms with Crippen molar-refractivity contribution in [3.05, 3.63) is 35.5 Å². The average Bonchev–Trinajstić information content (AvgIpc) is 2.97. The van der Waals surface area contributed by atoms with Crippen molar-refractivity contribution in [2.24, 2.45) is 0 Å². The topological polar surface area (TPSA) is 31.4 Å². The van der Waals surface area contributed by atoms with Gasteiger partial charge in [0.25, 0.3) is 0 Å². The molecule has 4 rings (SSSR count). The van der Waals surface area contributed by atoms with Crippen LogP contribution in [0.4, 0.5) is 5.69 Å². The molecular weight excluding hydrogens is 260 g/mol. The summed E-state index contributed by atoms with van der Waals surface area (Å²) in [5.41, 5.74) is 8.87. The van der Waals surface area contributed by atoms with Crippen LogP contribution in [0.2, 0.25) is 0 Å². The number of hydrazine groups is 1. The van der Waals surface area contributed by atoms with Crippen molar-refractivity contribution in [2.75, 3.05) is 38.7 Å². The minimum Gasteiger partial charge on any atom is -0.318 e. The number of hydrogen-bond acceptors (Lipinski definition) is 4. The molecule has 0 bridgehead atoms. The van der Waals surface area contributed by atoms with Crippen LogP contribution in [0.3, 0.4) is 0 Å². The summed E-state index contributed by atoms with van der Waals surface area (Å²) in [7, 11) is 2.19. The molecule has 1 saturated heterocycles. The molecule has 21 heavy (non-hydrogen) atoms. The number of para-hydroxylation sites is 1. The monoisotopic (exact) mass is 282 g/mol. The molecule has 0 amide bonds. The summed E-state index contributed by atoms with van der Waals surface area (Å²) in [6, 6.07) is 8.51. The van der Waals surface area contributed by atoms with Crippen LogP contribution in [0.25, 0.3) is 10.9 Å². The molecule has 0 radical (unpaired) electrons. The number of aromatic nitrogens is 1. The van der Waals surface area contributed by atoms with Crippen molar-refractivity contribution in [1.82, 2.24) is 14.9 Å². The highest BCUT2D eigenvalue weighted by Gasteiger charge is 2.22. The number of likely N-dealkylation sites (N-methyl/N-ethyl adjacent to an activating group) is 1. The van der Waals surface area contributed by atoms with Crippen molar-refractivity contribution in [1.29, 1.82) is 0 Å². The van der Waals surface area contributed by atoms with E-state index in [1.165, 1.54) is 28.8 Å². The third kappa shape index (κ3) is 2.39. The highest BCUT2D eigenvalue weighted by Crippen LogP contribution is 2.34. The van der Waals surface area contributed by atoms with E-state index < -0.39 is 0 Å². The molecule has 4 heteroatoms. The summed E-state index contributed by atoms with van der Waals surface area (Å²) in [6.45, 7) is 4.39. The molecule has 2 aromatic rings. The van der Waals surface area contributed by atoms with Crippen LogP contribution in [-0.4, -0.2) is 48.1 Å². The molecule has 1 aliphatic carbocycles. The summed E-state index contributed by atoms with van der Waals surface area (Å²) < 4.78 is 0. The van der Waals surface area contributed by atoms with Gasteiger partial charge in [-0.1, -0.05) is 18.2 Å². The summed E-state index contributed by atoms with van der Waals surface area (Å²) in [4.78, 5) is 7.24. The lowest BCUT2D eigenvalue weighted by molar-refractivity contribution is 0.179. The lowest BCUT2D eigenvalue weighted by Gasteiger charge is -2.34. The zero-order valence-electron chi connectivity index (χ0n) is 12.6. The van der Waals surface area contributed by atoms with Crippen molar-refractivity contribution in [2.45, 2.75) is 19.3 Å². The standard InChI is InChI=1S/C17H22N4/c1-20-9-11-21(12-10-20)19-17-13-5-2-3-7-15(13)18-16-8-4-6-14(16)17/h2-3,5,7H,4,6,8-12H2,1H3,(H,18,19). The zero-order valence-corrected chi connectivity index (χ0v) is 12.6. The average molecular weight is 282 g/mol. The number of fused-ring (bicyclic) bond motifs is 2. The minimum atomic E-state index is 1.07. The SMILES string of the molecule is CN1CCN(Nc2c3c(nc4ccccc24)CCC3)CC1. The second-order valence-corrected chi connectivity index (χ2v) is 6.18. The van der Waals surface area contributed by atoms with Crippen molar-refractivity contribution in [3.8, 4) is 0 Å². The molecular formula is C17H22N4. The second-order valence-electron chi connectivity index (χ2n) is 6.18. The molecule has 110 valence electrons. The number of pyridine rings is 1. The summed E-state index contributed by atoms with van der Waals surface area (Å²) >= 11 is 0. The fraction of sp³-hybridized carbons (Fsp3) is 0.471. The predicted molar refractivity (Wildman–Crippen MR) is 86.5 cm³/mol. The Morgan fingerprint density at radius 1 is 1.05 bits per heavy atom. The van der Waals surface area contributed by atoms with Gasteiger partial charge < -0.3 is 10.3 Å². The molecule has 1 aliphatic heterocycles. The van der Waals surface area contributed by atoms with E-state index in [2.05, 4.69) is 46.6 Å². The Hall–Kier alpha value is -1.65. The van der Waals surface area contributed by atoms with Gasteiger partial charge in [0.1, 0.15) is 0 Å². The minimum absolute atomic E-state index is 1.07. The Morgan fingerprint density at radius 2 is 1.86 bits per heavy atom. The van der Waals surface area contributed by atoms with Crippen LogP contribution in [-0.2, 0) is 12.8 Å². The molecule has 0 unspecified atom stereocenters. The zero-order chi connectivity index (χ0) is 14.2. The maximum Gasteiger partial charge on any atom is 0.0726 e. The van der Waals surface area contributed by atoms with Gasteiger partial charge in [0.2, 0.25) is 0 Å². The highest BCUT2D eigenvalue weighted by molar-refractivity contribution is 5.93. The number of anilines is 1. The quantitative estimate of drug-likeness (QED) is 0.916. The molecule has 1 fully saturated rings. The third-order valence-corrected chi connectivity index (χ3v) is 4.69. The van der Waals surface area contributed by atoms with E-state index in [0.717, 1.165) is 44.5 Å². The van der Waals surface area contributed by atoms with Crippen LogP contribution in [0.1, 0.15) is 17.7 Å². The maximum absolute atomic E-state index is 4.85. The van der Waals surface area contributed by atoms with Gasteiger partial charge in [0, 0.05) is 37.3 Å². The van der Waals surface area contributed by atoms with Crippen molar-refractivity contribution in [3.63, 3.8) is 0 Å². The van der Waals surface area contributed by atoms with E-state index in [-0.39, 0.29) is 0 Å². The van der Waals surface area contributed by atoms with E-state index in [1.54, 1.807) is 0 Å². The van der Waals surface area contributed by atoms with E-state index in [9.17, 15) is 0 Å². The van der Waals surface area contributed by atoms with Gasteiger partial charge in [-0.3, -0.25) is 4.98 Å². The lowest BCUT2D eigenvalue weighted by atomic mass is 10.1. The van der Waals surface area contributed by atoms with Crippen LogP contribution in [0.15, 0.2) is 24.3 Å². The molecule has 0 saturated carbocycles. The van der Waals surface area contributed by atoms with Crippen LogP contribution >= 0.6 is 0 Å². The van der Waals surface area contributed by atoms with Gasteiger partial charge in [-0.25, -0.2) is 5.01 Å². The molecule has 2 aliphatic rings. The van der Waals surface area contributed by atoms with Gasteiger partial charge in [0.15, 0.2) is 0 Å².